The van der Waals surface area contributed by atoms with E-state index in [2.05, 4.69) is 52.3 Å². The Balaban J connectivity index is 2.16. The smallest absolute Gasteiger partial charge is 0.105 e. The van der Waals surface area contributed by atoms with Crippen molar-refractivity contribution < 1.29 is 4.42 Å². The molecule has 4 heteroatoms. The van der Waals surface area contributed by atoms with Crippen LogP contribution in [0.3, 0.4) is 0 Å². The van der Waals surface area contributed by atoms with E-state index in [9.17, 15) is 0 Å². The fourth-order valence-corrected chi connectivity index (χ4v) is 2.23. The molecule has 3 N–H and O–H groups in total. The maximum absolute atomic E-state index is 5.62. The van der Waals surface area contributed by atoms with Crippen LogP contribution in [-0.2, 0) is 6.42 Å². The summed E-state index contributed by atoms with van der Waals surface area (Å²) in [5, 5.41) is 0. The van der Waals surface area contributed by atoms with Crippen LogP contribution in [0, 0.1) is 10.5 Å². The van der Waals surface area contributed by atoms with Crippen LogP contribution in [0.2, 0.25) is 0 Å². The number of hydrogen-bond donors (Lipinski definition) is 2. The van der Waals surface area contributed by atoms with Crippen molar-refractivity contribution in [2.45, 2.75) is 19.4 Å². The summed E-state index contributed by atoms with van der Waals surface area (Å²) in [7, 11) is 0. The van der Waals surface area contributed by atoms with Crippen molar-refractivity contribution in [2.24, 2.45) is 5.84 Å². The van der Waals surface area contributed by atoms with Gasteiger partial charge in [0.15, 0.2) is 0 Å². The van der Waals surface area contributed by atoms with Gasteiger partial charge in [-0.2, -0.15) is 0 Å². The van der Waals surface area contributed by atoms with Crippen molar-refractivity contribution in [1.29, 1.82) is 0 Å². The van der Waals surface area contributed by atoms with Gasteiger partial charge in [0, 0.05) is 9.13 Å². The van der Waals surface area contributed by atoms with E-state index in [4.69, 9.17) is 10.3 Å². The van der Waals surface area contributed by atoms with Crippen LogP contribution in [0.5, 0.6) is 0 Å². The Morgan fingerprint density at radius 2 is 2.00 bits per heavy atom. The Kier molecular flexibility index (Phi) is 4.20. The van der Waals surface area contributed by atoms with Gasteiger partial charge in [-0.05, 0) is 59.7 Å². The zero-order valence-electron chi connectivity index (χ0n) is 9.61. The Labute approximate surface area is 114 Å². The quantitative estimate of drug-likeness (QED) is 0.510. The van der Waals surface area contributed by atoms with Gasteiger partial charge in [-0.15, -0.1) is 0 Å². The van der Waals surface area contributed by atoms with Gasteiger partial charge in [0.25, 0.3) is 0 Å². The number of hydrogen-bond acceptors (Lipinski definition) is 3. The third-order valence-corrected chi connectivity index (χ3v) is 3.55. The maximum Gasteiger partial charge on any atom is 0.105 e. The monoisotopic (exact) mass is 342 g/mol. The Morgan fingerprint density at radius 1 is 1.29 bits per heavy atom. The summed E-state index contributed by atoms with van der Waals surface area (Å²) < 4.78 is 6.55. The second-order valence-electron chi connectivity index (χ2n) is 3.98. The van der Waals surface area contributed by atoms with Crippen LogP contribution in [0.15, 0.2) is 41.0 Å². The Morgan fingerprint density at radius 3 is 2.53 bits per heavy atom. The van der Waals surface area contributed by atoms with Gasteiger partial charge in [-0.25, -0.2) is 0 Å². The van der Waals surface area contributed by atoms with E-state index in [1.165, 1.54) is 9.13 Å². The molecular formula is C13H15IN2O. The molecule has 0 saturated carbocycles. The molecule has 1 atom stereocenters. The minimum atomic E-state index is 0.0915. The molecule has 1 aromatic heterocycles. The van der Waals surface area contributed by atoms with Crippen molar-refractivity contribution in [1.82, 2.24) is 5.43 Å². The molecule has 3 nitrogen and oxygen atoms in total. The molecule has 0 spiro atoms. The number of rotatable bonds is 4. The summed E-state index contributed by atoms with van der Waals surface area (Å²) in [4.78, 5) is 0. The van der Waals surface area contributed by atoms with Gasteiger partial charge < -0.3 is 4.42 Å². The van der Waals surface area contributed by atoms with E-state index >= 15 is 0 Å². The third kappa shape index (κ3) is 3.08. The van der Waals surface area contributed by atoms with Crippen LogP contribution < -0.4 is 11.3 Å². The number of hydrazine groups is 1. The lowest BCUT2D eigenvalue weighted by Crippen LogP contribution is -2.29. The molecule has 1 aromatic carbocycles. The SMILES string of the molecule is Cc1occc1C(Cc1ccc(I)cc1)NN. The maximum atomic E-state index is 5.62. The largest absolute Gasteiger partial charge is 0.469 e. The van der Waals surface area contributed by atoms with Crippen LogP contribution in [0.4, 0.5) is 0 Å². The average molecular weight is 342 g/mol. The van der Waals surface area contributed by atoms with Crippen molar-refractivity contribution in [3.63, 3.8) is 0 Å². The lowest BCUT2D eigenvalue weighted by atomic mass is 10.00. The number of aryl methyl sites for hydroxylation is 1. The second kappa shape index (κ2) is 5.66. The van der Waals surface area contributed by atoms with E-state index in [1.54, 1.807) is 6.26 Å². The standard InChI is InChI=1S/C13H15IN2O/c1-9-12(6-7-17-9)13(16-15)8-10-2-4-11(14)5-3-10/h2-7,13,16H,8,15H2,1H3. The van der Waals surface area contributed by atoms with E-state index in [0.717, 1.165) is 17.7 Å². The molecule has 0 fully saturated rings. The van der Waals surface area contributed by atoms with E-state index in [-0.39, 0.29) is 6.04 Å². The molecule has 1 unspecified atom stereocenters. The number of furan rings is 1. The first-order valence-corrected chi connectivity index (χ1v) is 6.53. The van der Waals surface area contributed by atoms with Crippen molar-refractivity contribution >= 4 is 22.6 Å². The highest BCUT2D eigenvalue weighted by Gasteiger charge is 2.14. The number of nitrogens with two attached hydrogens (primary N) is 1. The summed E-state index contributed by atoms with van der Waals surface area (Å²) >= 11 is 2.30. The van der Waals surface area contributed by atoms with Crippen LogP contribution in [0.1, 0.15) is 22.9 Å². The first-order chi connectivity index (χ1) is 8.20. The van der Waals surface area contributed by atoms with Gasteiger partial charge in [0.05, 0.1) is 12.3 Å². The molecule has 2 aromatic rings. The molecule has 0 aliphatic heterocycles. The molecule has 0 bridgehead atoms. The molecule has 0 radical (unpaired) electrons. The van der Waals surface area contributed by atoms with Crippen LogP contribution in [-0.4, -0.2) is 0 Å². The molecule has 0 saturated heterocycles. The first-order valence-electron chi connectivity index (χ1n) is 5.45. The molecule has 17 heavy (non-hydrogen) atoms. The Bertz CT molecular complexity index is 478. The minimum absolute atomic E-state index is 0.0915. The highest BCUT2D eigenvalue weighted by Crippen LogP contribution is 2.22. The summed E-state index contributed by atoms with van der Waals surface area (Å²) in [6.45, 7) is 1.95. The normalized spacial score (nSPS) is 12.6. The fraction of sp³-hybridized carbons (Fsp3) is 0.231. The lowest BCUT2D eigenvalue weighted by molar-refractivity contribution is 0.502. The van der Waals surface area contributed by atoms with Crippen molar-refractivity contribution in [3.05, 3.63) is 57.1 Å². The summed E-state index contributed by atoms with van der Waals surface area (Å²) in [6, 6.07) is 10.5. The molecule has 0 amide bonds. The molecule has 1 heterocycles. The number of halogens is 1. The molecule has 90 valence electrons. The van der Waals surface area contributed by atoms with Gasteiger partial charge in [0.2, 0.25) is 0 Å². The number of benzene rings is 1. The summed E-state index contributed by atoms with van der Waals surface area (Å²) in [5.74, 6) is 6.53. The minimum Gasteiger partial charge on any atom is -0.469 e. The van der Waals surface area contributed by atoms with Crippen LogP contribution in [0.25, 0.3) is 0 Å². The first kappa shape index (κ1) is 12.6. The molecule has 2 rings (SSSR count). The highest BCUT2D eigenvalue weighted by atomic mass is 127. The molecule has 0 aliphatic rings. The third-order valence-electron chi connectivity index (χ3n) is 2.83. The average Bonchev–Trinajstić information content (AvgIpc) is 2.75. The zero-order valence-corrected chi connectivity index (χ0v) is 11.8. The van der Waals surface area contributed by atoms with E-state index < -0.39 is 0 Å². The van der Waals surface area contributed by atoms with Crippen molar-refractivity contribution in [3.8, 4) is 0 Å². The lowest BCUT2D eigenvalue weighted by Gasteiger charge is -2.15. The Hall–Kier alpha value is -0.850. The van der Waals surface area contributed by atoms with Gasteiger partial charge in [-0.3, -0.25) is 11.3 Å². The zero-order chi connectivity index (χ0) is 12.3. The summed E-state index contributed by atoms with van der Waals surface area (Å²) in [6.07, 6.45) is 2.55. The highest BCUT2D eigenvalue weighted by molar-refractivity contribution is 14.1. The predicted molar refractivity (Wildman–Crippen MR) is 76.4 cm³/mol. The molecular weight excluding hydrogens is 327 g/mol. The van der Waals surface area contributed by atoms with Gasteiger partial charge >= 0.3 is 0 Å². The topological polar surface area (TPSA) is 51.2 Å². The second-order valence-corrected chi connectivity index (χ2v) is 5.23. The van der Waals surface area contributed by atoms with E-state index in [0.29, 0.717) is 0 Å². The van der Waals surface area contributed by atoms with Crippen LogP contribution >= 0.6 is 22.6 Å². The fourth-order valence-electron chi connectivity index (χ4n) is 1.87. The van der Waals surface area contributed by atoms with Gasteiger partial charge in [-0.1, -0.05) is 12.1 Å². The number of nitrogens with one attached hydrogen (secondary N) is 1. The molecule has 0 aliphatic carbocycles. The predicted octanol–water partition coefficient (Wildman–Crippen LogP) is 2.94. The summed E-state index contributed by atoms with van der Waals surface area (Å²) in [5.41, 5.74) is 5.22. The van der Waals surface area contributed by atoms with Crippen molar-refractivity contribution in [2.75, 3.05) is 0 Å². The van der Waals surface area contributed by atoms with E-state index in [1.807, 2.05) is 13.0 Å². The van der Waals surface area contributed by atoms with Gasteiger partial charge in [0.1, 0.15) is 5.76 Å².